The van der Waals surface area contributed by atoms with Crippen LogP contribution in [-0.2, 0) is 0 Å². The van der Waals surface area contributed by atoms with Crippen LogP contribution in [-0.4, -0.2) is 27.1 Å². The van der Waals surface area contributed by atoms with Crippen LogP contribution in [0.25, 0.3) is 32.8 Å². The fourth-order valence-electron chi connectivity index (χ4n) is 3.65. The summed E-state index contributed by atoms with van der Waals surface area (Å²) >= 11 is 5.85. The lowest BCUT2D eigenvalue weighted by molar-refractivity contribution is 0.426. The van der Waals surface area contributed by atoms with Crippen LogP contribution in [0.2, 0.25) is 5.15 Å². The highest BCUT2D eigenvalue weighted by Crippen LogP contribution is 2.25. The summed E-state index contributed by atoms with van der Waals surface area (Å²) in [4.78, 5) is 8.45. The second-order valence-corrected chi connectivity index (χ2v) is 8.21. The van der Waals surface area contributed by atoms with Crippen molar-refractivity contribution < 1.29 is 10.0 Å². The number of halogens is 1. The van der Waals surface area contributed by atoms with E-state index in [-0.39, 0.29) is 7.43 Å². The molecule has 2 heterocycles. The van der Waals surface area contributed by atoms with Gasteiger partial charge in [-0.2, -0.15) is 0 Å². The van der Waals surface area contributed by atoms with E-state index in [1.54, 1.807) is 30.5 Å². The molecule has 6 heteroatoms. The molecular weight excluding hydrogens is 503 g/mol. The molecule has 4 nitrogen and oxygen atoms in total. The number of pyridine rings is 2. The van der Waals surface area contributed by atoms with E-state index in [9.17, 15) is 0 Å². The highest BCUT2D eigenvalue weighted by Gasteiger charge is 2.07. The normalized spacial score (nSPS) is 9.46. The maximum absolute atomic E-state index is 8.58. The summed E-state index contributed by atoms with van der Waals surface area (Å²) in [7, 11) is -1.34. The SMILES string of the molecule is C.CC.Clc1nccc2ccccc12.OB(O)c1ccccc1.c1ccc(-c2nccc3ccccc23)cc1. The molecule has 6 rings (SSSR count). The maximum Gasteiger partial charge on any atom is 0.488 e. The Kier molecular flexibility index (Phi) is 13.4. The first-order valence-corrected chi connectivity index (χ1v) is 12.8. The van der Waals surface area contributed by atoms with Gasteiger partial charge in [-0.05, 0) is 28.4 Å². The van der Waals surface area contributed by atoms with E-state index in [2.05, 4.69) is 46.4 Å². The van der Waals surface area contributed by atoms with Crippen molar-refractivity contribution in [3.05, 3.63) is 139 Å². The van der Waals surface area contributed by atoms with Gasteiger partial charge in [0.2, 0.25) is 0 Å². The molecule has 4 aromatic carbocycles. The van der Waals surface area contributed by atoms with E-state index in [4.69, 9.17) is 21.6 Å². The summed E-state index contributed by atoms with van der Waals surface area (Å²) in [5, 5.41) is 22.3. The van der Waals surface area contributed by atoms with Gasteiger partial charge in [-0.25, -0.2) is 4.98 Å². The third-order valence-electron chi connectivity index (χ3n) is 5.44. The molecule has 0 atom stereocenters. The Morgan fingerprint density at radius 2 is 1.03 bits per heavy atom. The van der Waals surface area contributed by atoms with Gasteiger partial charge in [-0.1, -0.05) is 142 Å². The number of hydrogen-bond donors (Lipinski definition) is 2. The van der Waals surface area contributed by atoms with Gasteiger partial charge in [0.05, 0.1) is 5.69 Å². The summed E-state index contributed by atoms with van der Waals surface area (Å²) in [5.74, 6) is 0. The first-order valence-electron chi connectivity index (χ1n) is 12.4. The third-order valence-corrected chi connectivity index (χ3v) is 5.74. The van der Waals surface area contributed by atoms with Gasteiger partial charge < -0.3 is 10.0 Å². The Morgan fingerprint density at radius 3 is 1.56 bits per heavy atom. The molecule has 0 bridgehead atoms. The van der Waals surface area contributed by atoms with Crippen molar-refractivity contribution in [2.24, 2.45) is 0 Å². The smallest absolute Gasteiger partial charge is 0.423 e. The lowest BCUT2D eigenvalue weighted by atomic mass is 9.81. The Hall–Kier alpha value is -4.03. The molecule has 0 saturated carbocycles. The molecule has 2 aromatic heterocycles. The van der Waals surface area contributed by atoms with Crippen LogP contribution >= 0.6 is 11.6 Å². The average molecular weight is 537 g/mol. The van der Waals surface area contributed by atoms with Crippen molar-refractivity contribution in [1.82, 2.24) is 9.97 Å². The molecule has 0 aliphatic carbocycles. The van der Waals surface area contributed by atoms with Crippen LogP contribution in [0.15, 0.2) is 134 Å². The second kappa shape index (κ2) is 16.7. The lowest BCUT2D eigenvalue weighted by Gasteiger charge is -2.04. The third kappa shape index (κ3) is 9.04. The zero-order chi connectivity index (χ0) is 27.2. The zero-order valence-electron chi connectivity index (χ0n) is 21.4. The van der Waals surface area contributed by atoms with Crippen molar-refractivity contribution in [3.8, 4) is 11.3 Å². The molecule has 2 N–H and O–H groups in total. The number of nitrogens with zero attached hydrogens (tertiary/aromatic N) is 2. The van der Waals surface area contributed by atoms with Gasteiger partial charge in [0.25, 0.3) is 0 Å². The molecule has 0 fully saturated rings. The van der Waals surface area contributed by atoms with Gasteiger partial charge in [-0.3, -0.25) is 4.98 Å². The molecule has 39 heavy (non-hydrogen) atoms. The number of hydrogen-bond acceptors (Lipinski definition) is 4. The molecule has 0 spiro atoms. The second-order valence-electron chi connectivity index (χ2n) is 7.85. The van der Waals surface area contributed by atoms with Gasteiger partial charge >= 0.3 is 7.12 Å². The van der Waals surface area contributed by atoms with Gasteiger partial charge in [0.1, 0.15) is 5.15 Å². The Morgan fingerprint density at radius 1 is 0.564 bits per heavy atom. The molecule has 0 radical (unpaired) electrons. The van der Waals surface area contributed by atoms with Gasteiger partial charge in [0.15, 0.2) is 0 Å². The lowest BCUT2D eigenvalue weighted by Crippen LogP contribution is -2.29. The summed E-state index contributed by atoms with van der Waals surface area (Å²) < 4.78 is 0. The van der Waals surface area contributed by atoms with Crippen molar-refractivity contribution in [2.75, 3.05) is 0 Å². The van der Waals surface area contributed by atoms with E-state index in [0.29, 0.717) is 10.6 Å². The zero-order valence-corrected chi connectivity index (χ0v) is 22.2. The molecular formula is C33H34BClN2O2. The Bertz CT molecular complexity index is 1520. The van der Waals surface area contributed by atoms with Crippen LogP contribution in [0.3, 0.4) is 0 Å². The number of benzene rings is 4. The predicted octanol–water partition coefficient (Wildman–Crippen LogP) is 7.82. The highest BCUT2D eigenvalue weighted by molar-refractivity contribution is 6.58. The molecule has 0 unspecified atom stereocenters. The van der Waals surface area contributed by atoms with Crippen LogP contribution in [0.4, 0.5) is 0 Å². The van der Waals surface area contributed by atoms with E-state index in [1.165, 1.54) is 16.3 Å². The van der Waals surface area contributed by atoms with E-state index < -0.39 is 7.12 Å². The standard InChI is InChI=1S/C15H11N.C9H6ClN.C6H7BO2.C2H6.CH4/c1-2-7-13(8-3-1)15-14-9-5-4-6-12(14)10-11-16-15;10-9-8-4-2-1-3-7(8)5-6-11-9;8-7(9)6-4-2-1-3-5-6;1-2;/h1-11H;1-6H;1-5,8-9H;1-2H3;1H4. The van der Waals surface area contributed by atoms with Crippen molar-refractivity contribution >= 4 is 45.7 Å². The summed E-state index contributed by atoms with van der Waals surface area (Å²) in [6.45, 7) is 4.00. The largest absolute Gasteiger partial charge is 0.488 e. The summed E-state index contributed by atoms with van der Waals surface area (Å²) in [6.07, 6.45) is 3.58. The van der Waals surface area contributed by atoms with E-state index in [0.717, 1.165) is 16.5 Å². The van der Waals surface area contributed by atoms with Crippen LogP contribution in [0.5, 0.6) is 0 Å². The van der Waals surface area contributed by atoms with Crippen LogP contribution in [0, 0.1) is 0 Å². The average Bonchev–Trinajstić information content (AvgIpc) is 3.00. The monoisotopic (exact) mass is 536 g/mol. The first kappa shape index (κ1) is 31.2. The van der Waals surface area contributed by atoms with Gasteiger partial charge in [0, 0.05) is 28.7 Å². The maximum atomic E-state index is 8.58. The minimum absolute atomic E-state index is 0. The molecule has 0 aliphatic rings. The van der Waals surface area contributed by atoms with Crippen molar-refractivity contribution in [1.29, 1.82) is 0 Å². The topological polar surface area (TPSA) is 66.2 Å². The Labute approximate surface area is 236 Å². The molecule has 0 amide bonds. The molecule has 6 aromatic rings. The number of rotatable bonds is 2. The fourth-order valence-corrected chi connectivity index (χ4v) is 3.88. The van der Waals surface area contributed by atoms with Crippen LogP contribution in [0.1, 0.15) is 21.3 Å². The Balaban J connectivity index is 0.000000205. The summed E-state index contributed by atoms with van der Waals surface area (Å²) in [5.41, 5.74) is 2.75. The highest BCUT2D eigenvalue weighted by atomic mass is 35.5. The van der Waals surface area contributed by atoms with Crippen molar-refractivity contribution in [2.45, 2.75) is 21.3 Å². The van der Waals surface area contributed by atoms with Crippen LogP contribution < -0.4 is 5.46 Å². The molecule has 198 valence electrons. The summed E-state index contributed by atoms with van der Waals surface area (Å²) in [6, 6.07) is 39.2. The quantitative estimate of drug-likeness (QED) is 0.175. The number of aromatic nitrogens is 2. The molecule has 0 aliphatic heterocycles. The minimum atomic E-state index is -1.34. The fraction of sp³-hybridized carbons (Fsp3) is 0.0909. The van der Waals surface area contributed by atoms with Crippen molar-refractivity contribution in [3.63, 3.8) is 0 Å². The van der Waals surface area contributed by atoms with E-state index in [1.807, 2.05) is 80.7 Å². The minimum Gasteiger partial charge on any atom is -0.423 e. The number of fused-ring (bicyclic) bond motifs is 2. The first-order chi connectivity index (χ1) is 18.6. The van der Waals surface area contributed by atoms with E-state index >= 15 is 0 Å². The predicted molar refractivity (Wildman–Crippen MR) is 168 cm³/mol. The molecule has 0 saturated heterocycles. The van der Waals surface area contributed by atoms with Gasteiger partial charge in [-0.15, -0.1) is 0 Å².